The number of para-hydroxylation sites is 2. The zero-order chi connectivity index (χ0) is 13.9. The largest absolute Gasteiger partial charge is 0.327 e. The minimum atomic E-state index is 0.973. The lowest BCUT2D eigenvalue weighted by Crippen LogP contribution is -2.11. The Hall–Kier alpha value is -2.13. The average Bonchev–Trinajstić information content (AvgIpc) is 2.83. The van der Waals surface area contributed by atoms with Crippen LogP contribution >= 0.6 is 0 Å². The Morgan fingerprint density at radius 3 is 2.60 bits per heavy atom. The van der Waals surface area contributed by atoms with Crippen molar-refractivity contribution in [2.45, 2.75) is 6.42 Å². The van der Waals surface area contributed by atoms with Gasteiger partial charge < -0.3 is 9.88 Å². The molecule has 0 saturated carbocycles. The molecule has 1 aromatic heterocycles. The minimum Gasteiger partial charge on any atom is -0.327 e. The van der Waals surface area contributed by atoms with Crippen molar-refractivity contribution in [1.29, 1.82) is 0 Å². The summed E-state index contributed by atoms with van der Waals surface area (Å²) in [5, 5.41) is 3.21. The van der Waals surface area contributed by atoms with Crippen molar-refractivity contribution in [1.82, 2.24) is 14.9 Å². The summed E-state index contributed by atoms with van der Waals surface area (Å²) in [7, 11) is 4.07. The van der Waals surface area contributed by atoms with E-state index in [1.54, 1.807) is 0 Å². The molecule has 0 spiro atoms. The first kappa shape index (κ1) is 12.9. The Balaban J connectivity index is 2.13. The van der Waals surface area contributed by atoms with Gasteiger partial charge in [0.25, 0.3) is 0 Å². The van der Waals surface area contributed by atoms with Crippen LogP contribution in [0.3, 0.4) is 0 Å². The van der Waals surface area contributed by atoms with E-state index in [2.05, 4.69) is 59.4 Å². The quantitative estimate of drug-likeness (QED) is 0.786. The van der Waals surface area contributed by atoms with Gasteiger partial charge in [0.2, 0.25) is 0 Å². The van der Waals surface area contributed by atoms with Crippen LogP contribution in [0, 0.1) is 0 Å². The molecule has 0 aliphatic heterocycles. The van der Waals surface area contributed by atoms with Gasteiger partial charge in [-0.1, -0.05) is 36.4 Å². The van der Waals surface area contributed by atoms with E-state index in [9.17, 15) is 0 Å². The number of fused-ring (bicyclic) bond motifs is 1. The molecule has 0 bridgehead atoms. The molecule has 0 aliphatic carbocycles. The van der Waals surface area contributed by atoms with Crippen molar-refractivity contribution in [2.75, 3.05) is 13.6 Å². The monoisotopic (exact) mass is 265 g/mol. The van der Waals surface area contributed by atoms with E-state index in [-0.39, 0.29) is 0 Å². The Morgan fingerprint density at radius 2 is 1.80 bits per heavy atom. The number of nitrogens with one attached hydrogen (secondary N) is 1. The molecule has 0 aliphatic rings. The van der Waals surface area contributed by atoms with Crippen LogP contribution in [0.1, 0.15) is 5.56 Å². The zero-order valence-electron chi connectivity index (χ0n) is 11.9. The summed E-state index contributed by atoms with van der Waals surface area (Å²) in [6, 6.07) is 16.8. The van der Waals surface area contributed by atoms with Crippen molar-refractivity contribution in [3.05, 3.63) is 54.1 Å². The van der Waals surface area contributed by atoms with Gasteiger partial charge in [-0.15, -0.1) is 0 Å². The standard InChI is InChI=1S/C17H19N3/c1-18-12-11-13-7-3-4-8-14(13)17-19-15-9-5-6-10-16(15)20(17)2/h3-10,18H,11-12H2,1-2H3. The first-order valence-corrected chi connectivity index (χ1v) is 6.95. The fourth-order valence-corrected chi connectivity index (χ4v) is 2.60. The lowest BCUT2D eigenvalue weighted by Gasteiger charge is -2.09. The summed E-state index contributed by atoms with van der Waals surface area (Å²) in [6.45, 7) is 0.973. The van der Waals surface area contributed by atoms with Crippen LogP contribution in [-0.4, -0.2) is 23.1 Å². The average molecular weight is 265 g/mol. The first-order chi connectivity index (χ1) is 9.81. The van der Waals surface area contributed by atoms with E-state index in [0.29, 0.717) is 0 Å². The molecule has 0 unspecified atom stereocenters. The third-order valence-electron chi connectivity index (χ3n) is 3.69. The first-order valence-electron chi connectivity index (χ1n) is 6.95. The fourth-order valence-electron chi connectivity index (χ4n) is 2.60. The molecule has 2 aromatic carbocycles. The van der Waals surface area contributed by atoms with Gasteiger partial charge in [-0.25, -0.2) is 4.98 Å². The second-order valence-electron chi connectivity index (χ2n) is 4.99. The summed E-state index contributed by atoms with van der Waals surface area (Å²) < 4.78 is 2.17. The molecule has 0 saturated heterocycles. The number of imidazole rings is 1. The number of aromatic nitrogens is 2. The minimum absolute atomic E-state index is 0.973. The van der Waals surface area contributed by atoms with Crippen molar-refractivity contribution >= 4 is 11.0 Å². The summed E-state index contributed by atoms with van der Waals surface area (Å²) in [6.07, 6.45) is 1.01. The van der Waals surface area contributed by atoms with Crippen molar-refractivity contribution in [3.8, 4) is 11.4 Å². The topological polar surface area (TPSA) is 29.9 Å². The smallest absolute Gasteiger partial charge is 0.141 e. The summed E-state index contributed by atoms with van der Waals surface area (Å²) in [5.41, 5.74) is 4.78. The maximum absolute atomic E-state index is 4.79. The van der Waals surface area contributed by atoms with Crippen LogP contribution in [0.2, 0.25) is 0 Å². The number of aryl methyl sites for hydroxylation is 1. The second-order valence-corrected chi connectivity index (χ2v) is 4.99. The molecular formula is C17H19N3. The third-order valence-corrected chi connectivity index (χ3v) is 3.69. The van der Waals surface area contributed by atoms with E-state index in [4.69, 9.17) is 4.98 Å². The number of hydrogen-bond acceptors (Lipinski definition) is 2. The molecule has 0 fully saturated rings. The molecule has 1 N–H and O–H groups in total. The number of benzene rings is 2. The van der Waals surface area contributed by atoms with Crippen molar-refractivity contribution < 1.29 is 0 Å². The number of nitrogens with zero attached hydrogens (tertiary/aromatic N) is 2. The van der Waals surface area contributed by atoms with Crippen molar-refractivity contribution in [3.63, 3.8) is 0 Å². The van der Waals surface area contributed by atoms with Crippen LogP contribution in [0.25, 0.3) is 22.4 Å². The molecule has 3 rings (SSSR count). The molecule has 3 heteroatoms. The normalized spacial score (nSPS) is 11.1. The van der Waals surface area contributed by atoms with Crippen LogP contribution < -0.4 is 5.32 Å². The van der Waals surface area contributed by atoms with Crippen LogP contribution in [0.5, 0.6) is 0 Å². The van der Waals surface area contributed by atoms with E-state index in [1.807, 2.05) is 13.1 Å². The SMILES string of the molecule is CNCCc1ccccc1-c1nc2ccccc2n1C. The Kier molecular flexibility index (Phi) is 3.52. The highest BCUT2D eigenvalue weighted by Gasteiger charge is 2.12. The molecule has 0 amide bonds. The van der Waals surface area contributed by atoms with Gasteiger partial charge in [-0.2, -0.15) is 0 Å². The molecule has 3 aromatic rings. The highest BCUT2D eigenvalue weighted by atomic mass is 15.1. The molecule has 1 heterocycles. The Labute approximate surface area is 119 Å². The number of likely N-dealkylation sites (N-methyl/N-ethyl adjacent to an activating group) is 1. The van der Waals surface area contributed by atoms with Gasteiger partial charge in [0, 0.05) is 12.6 Å². The van der Waals surface area contributed by atoms with Gasteiger partial charge in [0.05, 0.1) is 11.0 Å². The molecule has 20 heavy (non-hydrogen) atoms. The lowest BCUT2D eigenvalue weighted by molar-refractivity contribution is 0.791. The Bertz CT molecular complexity index is 728. The van der Waals surface area contributed by atoms with E-state index < -0.39 is 0 Å². The number of hydrogen-bond donors (Lipinski definition) is 1. The van der Waals surface area contributed by atoms with E-state index in [0.717, 1.165) is 24.3 Å². The van der Waals surface area contributed by atoms with Gasteiger partial charge in [0.1, 0.15) is 5.82 Å². The van der Waals surface area contributed by atoms with Crippen LogP contribution in [0.15, 0.2) is 48.5 Å². The zero-order valence-corrected chi connectivity index (χ0v) is 11.9. The van der Waals surface area contributed by atoms with Gasteiger partial charge in [-0.05, 0) is 37.7 Å². The maximum atomic E-state index is 4.79. The summed E-state index contributed by atoms with van der Waals surface area (Å²) in [4.78, 5) is 4.79. The van der Waals surface area contributed by atoms with E-state index in [1.165, 1.54) is 16.6 Å². The lowest BCUT2D eigenvalue weighted by atomic mass is 10.0. The molecular weight excluding hydrogens is 246 g/mol. The predicted octanol–water partition coefficient (Wildman–Crippen LogP) is 3.00. The number of rotatable bonds is 4. The Morgan fingerprint density at radius 1 is 1.05 bits per heavy atom. The van der Waals surface area contributed by atoms with Crippen LogP contribution in [0.4, 0.5) is 0 Å². The molecule has 0 radical (unpaired) electrons. The van der Waals surface area contributed by atoms with Gasteiger partial charge in [0.15, 0.2) is 0 Å². The predicted molar refractivity (Wildman–Crippen MR) is 83.8 cm³/mol. The highest BCUT2D eigenvalue weighted by molar-refractivity contribution is 5.81. The summed E-state index contributed by atoms with van der Waals surface area (Å²) >= 11 is 0. The maximum Gasteiger partial charge on any atom is 0.141 e. The highest BCUT2D eigenvalue weighted by Crippen LogP contribution is 2.26. The second kappa shape index (κ2) is 5.47. The third kappa shape index (κ3) is 2.21. The van der Waals surface area contributed by atoms with Crippen molar-refractivity contribution in [2.24, 2.45) is 7.05 Å². The fraction of sp³-hybridized carbons (Fsp3) is 0.235. The van der Waals surface area contributed by atoms with Crippen LogP contribution in [-0.2, 0) is 13.5 Å². The van der Waals surface area contributed by atoms with E-state index >= 15 is 0 Å². The molecule has 102 valence electrons. The van der Waals surface area contributed by atoms with Gasteiger partial charge >= 0.3 is 0 Å². The molecule has 0 atom stereocenters. The molecule has 3 nitrogen and oxygen atoms in total. The summed E-state index contributed by atoms with van der Waals surface area (Å²) in [5.74, 6) is 1.04. The van der Waals surface area contributed by atoms with Gasteiger partial charge in [-0.3, -0.25) is 0 Å².